The highest BCUT2D eigenvalue weighted by Gasteiger charge is 2.30. The van der Waals surface area contributed by atoms with Crippen molar-refractivity contribution in [1.82, 2.24) is 25.1 Å². The highest BCUT2D eigenvalue weighted by atomic mass is 16.5. The van der Waals surface area contributed by atoms with Crippen LogP contribution in [0.1, 0.15) is 25.2 Å². The summed E-state index contributed by atoms with van der Waals surface area (Å²) < 4.78 is 5.51. The Bertz CT molecular complexity index is 559. The zero-order valence-electron chi connectivity index (χ0n) is 14.5. The molecular formula is C16H25N5O3. The zero-order chi connectivity index (χ0) is 17.5. The molecule has 3 amide bonds. The van der Waals surface area contributed by atoms with E-state index in [-0.39, 0.29) is 25.0 Å². The highest BCUT2D eigenvalue weighted by molar-refractivity contribution is 5.82. The van der Waals surface area contributed by atoms with Crippen LogP contribution >= 0.6 is 0 Å². The molecule has 2 heterocycles. The molecule has 1 aromatic heterocycles. The van der Waals surface area contributed by atoms with E-state index in [0.717, 1.165) is 5.69 Å². The summed E-state index contributed by atoms with van der Waals surface area (Å²) in [5.41, 5.74) is 1.51. The van der Waals surface area contributed by atoms with Gasteiger partial charge < -0.3 is 19.9 Å². The third-order valence-corrected chi connectivity index (χ3v) is 3.94. The van der Waals surface area contributed by atoms with Gasteiger partial charge in [0.1, 0.15) is 0 Å². The second-order valence-corrected chi connectivity index (χ2v) is 5.63. The van der Waals surface area contributed by atoms with E-state index in [1.54, 1.807) is 22.2 Å². The van der Waals surface area contributed by atoms with Crippen molar-refractivity contribution in [3.63, 3.8) is 0 Å². The van der Waals surface area contributed by atoms with Gasteiger partial charge in [-0.15, -0.1) is 0 Å². The minimum absolute atomic E-state index is 0.0505. The van der Waals surface area contributed by atoms with Crippen molar-refractivity contribution in [2.45, 2.75) is 33.4 Å². The van der Waals surface area contributed by atoms with E-state index in [1.807, 2.05) is 20.8 Å². The topological polar surface area (TPSA) is 87.7 Å². The van der Waals surface area contributed by atoms with Crippen molar-refractivity contribution in [3.8, 4) is 0 Å². The Hall–Kier alpha value is -2.22. The lowest BCUT2D eigenvalue weighted by Crippen LogP contribution is -2.54. The number of aromatic nitrogens is 2. The first-order chi connectivity index (χ1) is 11.5. The van der Waals surface area contributed by atoms with Crippen LogP contribution in [0.15, 0.2) is 12.4 Å². The molecule has 1 aromatic rings. The van der Waals surface area contributed by atoms with Crippen molar-refractivity contribution in [2.24, 2.45) is 0 Å². The largest absolute Gasteiger partial charge is 0.365 e. The van der Waals surface area contributed by atoms with Crippen molar-refractivity contribution >= 4 is 11.9 Å². The minimum Gasteiger partial charge on any atom is -0.365 e. The predicted octanol–water partition coefficient (Wildman–Crippen LogP) is 0.564. The molecule has 1 N–H and O–H groups in total. The number of carbonyl (C=O) groups is 2. The number of ether oxygens (including phenoxy) is 1. The van der Waals surface area contributed by atoms with Crippen LogP contribution in [-0.2, 0) is 16.1 Å². The second-order valence-electron chi connectivity index (χ2n) is 5.63. The molecule has 1 fully saturated rings. The number of hydrogen-bond donors (Lipinski definition) is 1. The number of aryl methyl sites for hydroxylation is 1. The molecule has 0 bridgehead atoms. The highest BCUT2D eigenvalue weighted by Crippen LogP contribution is 2.09. The van der Waals surface area contributed by atoms with Crippen molar-refractivity contribution in [1.29, 1.82) is 0 Å². The Kier molecular flexibility index (Phi) is 6.48. The molecule has 0 spiro atoms. The fraction of sp³-hybridized carbons (Fsp3) is 0.625. The van der Waals surface area contributed by atoms with E-state index in [1.165, 1.54) is 0 Å². The van der Waals surface area contributed by atoms with Crippen LogP contribution in [0.3, 0.4) is 0 Å². The summed E-state index contributed by atoms with van der Waals surface area (Å²) in [6, 6.07) is -0.0505. The van der Waals surface area contributed by atoms with Gasteiger partial charge in [0.05, 0.1) is 37.3 Å². The monoisotopic (exact) mass is 335 g/mol. The Morgan fingerprint density at radius 3 is 2.71 bits per heavy atom. The molecule has 0 unspecified atom stereocenters. The van der Waals surface area contributed by atoms with E-state index in [9.17, 15) is 9.59 Å². The number of rotatable bonds is 5. The summed E-state index contributed by atoms with van der Waals surface area (Å²) >= 11 is 0. The zero-order valence-corrected chi connectivity index (χ0v) is 14.5. The molecule has 0 saturated carbocycles. The lowest BCUT2D eigenvalue weighted by Gasteiger charge is -2.35. The SMILES string of the molecule is CCN(CC)C(=O)N1CCO[C@H](C(=O)NCc2cnc(C)cn2)C1. The second kappa shape index (κ2) is 8.58. The summed E-state index contributed by atoms with van der Waals surface area (Å²) in [7, 11) is 0. The summed E-state index contributed by atoms with van der Waals surface area (Å²) in [5, 5.41) is 2.79. The van der Waals surface area contributed by atoms with Crippen LogP contribution in [-0.4, -0.2) is 70.6 Å². The third kappa shape index (κ3) is 4.64. The lowest BCUT2D eigenvalue weighted by atomic mass is 10.2. The normalized spacial score (nSPS) is 17.5. The van der Waals surface area contributed by atoms with Crippen LogP contribution in [0.5, 0.6) is 0 Å². The van der Waals surface area contributed by atoms with Crippen LogP contribution in [0.2, 0.25) is 0 Å². The summed E-state index contributed by atoms with van der Waals surface area (Å²) in [6.07, 6.45) is 2.63. The molecule has 1 atom stereocenters. The fourth-order valence-electron chi connectivity index (χ4n) is 2.48. The molecule has 8 nitrogen and oxygen atoms in total. The Morgan fingerprint density at radius 2 is 2.08 bits per heavy atom. The third-order valence-electron chi connectivity index (χ3n) is 3.94. The van der Waals surface area contributed by atoms with Gasteiger partial charge in [0.15, 0.2) is 6.10 Å². The number of hydrogen-bond acceptors (Lipinski definition) is 5. The Morgan fingerprint density at radius 1 is 1.33 bits per heavy atom. The van der Waals surface area contributed by atoms with Gasteiger partial charge in [0, 0.05) is 25.8 Å². The van der Waals surface area contributed by atoms with E-state index in [4.69, 9.17) is 4.74 Å². The molecule has 24 heavy (non-hydrogen) atoms. The van der Waals surface area contributed by atoms with Crippen LogP contribution in [0.25, 0.3) is 0 Å². The van der Waals surface area contributed by atoms with Crippen LogP contribution in [0, 0.1) is 6.92 Å². The molecule has 1 aliphatic rings. The van der Waals surface area contributed by atoms with Crippen molar-refractivity contribution in [2.75, 3.05) is 32.8 Å². The number of nitrogens with one attached hydrogen (secondary N) is 1. The summed E-state index contributed by atoms with van der Waals surface area (Å²) in [4.78, 5) is 36.4. The van der Waals surface area contributed by atoms with Gasteiger partial charge in [-0.1, -0.05) is 0 Å². The lowest BCUT2D eigenvalue weighted by molar-refractivity contribution is -0.137. The van der Waals surface area contributed by atoms with E-state index >= 15 is 0 Å². The maximum atomic E-state index is 12.4. The van der Waals surface area contributed by atoms with Gasteiger partial charge in [-0.2, -0.15) is 0 Å². The van der Waals surface area contributed by atoms with Gasteiger partial charge in [-0.3, -0.25) is 14.8 Å². The number of nitrogens with zero attached hydrogens (tertiary/aromatic N) is 4. The van der Waals surface area contributed by atoms with Gasteiger partial charge in [0.25, 0.3) is 5.91 Å². The van der Waals surface area contributed by atoms with Crippen molar-refractivity contribution < 1.29 is 14.3 Å². The standard InChI is InChI=1S/C16H25N5O3/c1-4-20(5-2)16(23)21-6-7-24-14(11-21)15(22)19-10-13-9-17-12(3)8-18-13/h8-9,14H,4-7,10-11H2,1-3H3,(H,19,22)/t14-/m0/s1. The quantitative estimate of drug-likeness (QED) is 0.850. The Balaban J connectivity index is 1.87. The number of urea groups is 1. The van der Waals surface area contributed by atoms with Crippen LogP contribution in [0.4, 0.5) is 4.79 Å². The molecule has 8 heteroatoms. The van der Waals surface area contributed by atoms with Gasteiger partial charge >= 0.3 is 6.03 Å². The Labute approximate surface area is 142 Å². The van der Waals surface area contributed by atoms with E-state index in [2.05, 4.69) is 15.3 Å². The molecule has 0 aromatic carbocycles. The first kappa shape index (κ1) is 18.1. The van der Waals surface area contributed by atoms with Crippen LogP contribution < -0.4 is 5.32 Å². The van der Waals surface area contributed by atoms with Gasteiger partial charge in [0.2, 0.25) is 0 Å². The fourth-order valence-corrected chi connectivity index (χ4v) is 2.48. The molecular weight excluding hydrogens is 310 g/mol. The number of amides is 3. The van der Waals surface area contributed by atoms with E-state index < -0.39 is 6.10 Å². The van der Waals surface area contributed by atoms with Gasteiger partial charge in [-0.25, -0.2) is 4.79 Å². The maximum absolute atomic E-state index is 12.4. The molecule has 132 valence electrons. The van der Waals surface area contributed by atoms with Gasteiger partial charge in [-0.05, 0) is 20.8 Å². The first-order valence-corrected chi connectivity index (χ1v) is 8.25. The first-order valence-electron chi connectivity index (χ1n) is 8.25. The minimum atomic E-state index is -0.656. The molecule has 1 saturated heterocycles. The number of carbonyl (C=O) groups excluding carboxylic acids is 2. The smallest absolute Gasteiger partial charge is 0.320 e. The molecule has 0 aliphatic carbocycles. The molecule has 2 rings (SSSR count). The molecule has 0 radical (unpaired) electrons. The predicted molar refractivity (Wildman–Crippen MR) is 88.2 cm³/mol. The van der Waals surface area contributed by atoms with Crippen molar-refractivity contribution in [3.05, 3.63) is 23.8 Å². The maximum Gasteiger partial charge on any atom is 0.320 e. The average molecular weight is 335 g/mol. The molecule has 1 aliphatic heterocycles. The average Bonchev–Trinajstić information content (AvgIpc) is 2.62. The number of morpholine rings is 1. The summed E-state index contributed by atoms with van der Waals surface area (Å²) in [6.45, 7) is 8.44. The summed E-state index contributed by atoms with van der Waals surface area (Å²) in [5.74, 6) is -0.241. The van der Waals surface area contributed by atoms with E-state index in [0.29, 0.717) is 31.9 Å².